The van der Waals surface area contributed by atoms with Crippen LogP contribution in [0, 0.1) is 0 Å². The summed E-state index contributed by atoms with van der Waals surface area (Å²) < 4.78 is 5.19. The molecule has 0 unspecified atom stereocenters. The first-order chi connectivity index (χ1) is 14.1. The monoisotopic (exact) mass is 415 g/mol. The molecule has 8 nitrogen and oxygen atoms in total. The van der Waals surface area contributed by atoms with Crippen LogP contribution in [-0.4, -0.2) is 39.8 Å². The van der Waals surface area contributed by atoms with Gasteiger partial charge in [0.15, 0.2) is 0 Å². The van der Waals surface area contributed by atoms with E-state index in [1.54, 1.807) is 37.6 Å². The van der Waals surface area contributed by atoms with Crippen LogP contribution in [0.5, 0.6) is 5.75 Å². The number of nitrogens with zero attached hydrogens (tertiary/aromatic N) is 3. The number of ether oxygens (including phenoxy) is 1. The van der Waals surface area contributed by atoms with Gasteiger partial charge in [-0.2, -0.15) is 15.0 Å². The number of carbonyl (C=O) groups is 1. The third-order valence-electron chi connectivity index (χ3n) is 4.22. The SMILES string of the molecule is COc1ccc(C[C@H](NC(=O)Nc2ccc(Cl)cc2)c2cnn(CCO)n2)cc1. The Kier molecular flexibility index (Phi) is 7.04. The number of urea groups is 1. The molecule has 29 heavy (non-hydrogen) atoms. The van der Waals surface area contributed by atoms with Crippen molar-refractivity contribution < 1.29 is 14.6 Å². The van der Waals surface area contributed by atoms with E-state index in [9.17, 15) is 4.79 Å². The number of aliphatic hydroxyl groups is 1. The van der Waals surface area contributed by atoms with Gasteiger partial charge in [0.2, 0.25) is 0 Å². The number of benzene rings is 2. The lowest BCUT2D eigenvalue weighted by molar-refractivity contribution is 0.247. The molecule has 9 heteroatoms. The summed E-state index contributed by atoms with van der Waals surface area (Å²) in [6.07, 6.45) is 2.10. The molecule has 0 radical (unpaired) electrons. The summed E-state index contributed by atoms with van der Waals surface area (Å²) in [5.74, 6) is 0.757. The highest BCUT2D eigenvalue weighted by Crippen LogP contribution is 2.20. The zero-order valence-electron chi connectivity index (χ0n) is 15.9. The first-order valence-corrected chi connectivity index (χ1v) is 9.42. The predicted molar refractivity (Wildman–Crippen MR) is 110 cm³/mol. The van der Waals surface area contributed by atoms with Crippen LogP contribution < -0.4 is 15.4 Å². The molecule has 2 aromatic carbocycles. The van der Waals surface area contributed by atoms with Gasteiger partial charge in [0.1, 0.15) is 11.4 Å². The number of carbonyl (C=O) groups excluding carboxylic acids is 1. The average molecular weight is 416 g/mol. The lowest BCUT2D eigenvalue weighted by atomic mass is 10.0. The zero-order valence-corrected chi connectivity index (χ0v) is 16.6. The Labute approximate surface area is 173 Å². The van der Waals surface area contributed by atoms with Crippen molar-refractivity contribution in [2.45, 2.75) is 19.0 Å². The standard InChI is InChI=1S/C20H22ClN5O3/c1-29-17-8-2-14(3-9-17)12-18(19-13-22-26(25-19)10-11-27)24-20(28)23-16-6-4-15(21)5-7-16/h2-9,13,18,27H,10-12H2,1H3,(H2,23,24,28)/t18-/m0/s1. The number of hydrogen-bond donors (Lipinski definition) is 3. The van der Waals surface area contributed by atoms with E-state index in [4.69, 9.17) is 21.4 Å². The van der Waals surface area contributed by atoms with Gasteiger partial charge in [0.25, 0.3) is 0 Å². The minimum Gasteiger partial charge on any atom is -0.497 e. The summed E-state index contributed by atoms with van der Waals surface area (Å²) in [5.41, 5.74) is 2.22. The largest absolute Gasteiger partial charge is 0.497 e. The van der Waals surface area contributed by atoms with Crippen molar-refractivity contribution in [3.05, 3.63) is 71.0 Å². The molecule has 0 aliphatic carbocycles. The van der Waals surface area contributed by atoms with Crippen molar-refractivity contribution in [1.82, 2.24) is 20.3 Å². The summed E-state index contributed by atoms with van der Waals surface area (Å²) in [6, 6.07) is 13.7. The topological polar surface area (TPSA) is 101 Å². The summed E-state index contributed by atoms with van der Waals surface area (Å²) in [6.45, 7) is 0.216. The molecule has 1 heterocycles. The van der Waals surface area contributed by atoms with Gasteiger partial charge in [0.05, 0.1) is 32.5 Å². The summed E-state index contributed by atoms with van der Waals surface area (Å²) in [4.78, 5) is 13.9. The van der Waals surface area contributed by atoms with Crippen molar-refractivity contribution in [1.29, 1.82) is 0 Å². The molecule has 3 aromatic rings. The smallest absolute Gasteiger partial charge is 0.319 e. The van der Waals surface area contributed by atoms with Crippen molar-refractivity contribution in [2.24, 2.45) is 0 Å². The number of aliphatic hydroxyl groups excluding tert-OH is 1. The van der Waals surface area contributed by atoms with Crippen LogP contribution >= 0.6 is 11.6 Å². The number of nitrogens with one attached hydrogen (secondary N) is 2. The number of methoxy groups -OCH3 is 1. The van der Waals surface area contributed by atoms with E-state index >= 15 is 0 Å². The molecule has 0 spiro atoms. The summed E-state index contributed by atoms with van der Waals surface area (Å²) in [7, 11) is 1.61. The second-order valence-corrected chi connectivity index (χ2v) is 6.74. The van der Waals surface area contributed by atoms with Crippen molar-refractivity contribution in [3.8, 4) is 5.75 Å². The van der Waals surface area contributed by atoms with Crippen LogP contribution in [0.15, 0.2) is 54.7 Å². The van der Waals surface area contributed by atoms with Gasteiger partial charge in [-0.25, -0.2) is 4.79 Å². The Morgan fingerprint density at radius 1 is 1.21 bits per heavy atom. The van der Waals surface area contributed by atoms with Gasteiger partial charge in [-0.15, -0.1) is 0 Å². The second kappa shape index (κ2) is 9.90. The predicted octanol–water partition coefficient (Wildman–Crippen LogP) is 3.04. The summed E-state index contributed by atoms with van der Waals surface area (Å²) in [5, 5.41) is 23.9. The molecule has 3 N–H and O–H groups in total. The van der Waals surface area contributed by atoms with Crippen LogP contribution in [0.2, 0.25) is 5.02 Å². The van der Waals surface area contributed by atoms with Crippen LogP contribution in [0.1, 0.15) is 17.3 Å². The maximum Gasteiger partial charge on any atom is 0.319 e. The van der Waals surface area contributed by atoms with E-state index in [1.165, 1.54) is 4.80 Å². The number of hydrogen-bond acceptors (Lipinski definition) is 5. The zero-order chi connectivity index (χ0) is 20.6. The van der Waals surface area contributed by atoms with E-state index in [-0.39, 0.29) is 19.2 Å². The molecule has 1 aromatic heterocycles. The van der Waals surface area contributed by atoms with Gasteiger partial charge >= 0.3 is 6.03 Å². The van der Waals surface area contributed by atoms with E-state index in [1.807, 2.05) is 24.3 Å². The lowest BCUT2D eigenvalue weighted by Gasteiger charge is -2.17. The van der Waals surface area contributed by atoms with Gasteiger partial charge in [-0.05, 0) is 48.4 Å². The maximum absolute atomic E-state index is 12.5. The molecule has 2 amide bonds. The van der Waals surface area contributed by atoms with Gasteiger partial charge in [-0.1, -0.05) is 23.7 Å². The number of rotatable bonds is 8. The normalized spacial score (nSPS) is 11.7. The fourth-order valence-electron chi connectivity index (χ4n) is 2.75. The van der Waals surface area contributed by atoms with Crippen molar-refractivity contribution >= 4 is 23.3 Å². The maximum atomic E-state index is 12.5. The number of anilines is 1. The number of halogens is 1. The van der Waals surface area contributed by atoms with E-state index in [0.717, 1.165) is 11.3 Å². The second-order valence-electron chi connectivity index (χ2n) is 6.30. The van der Waals surface area contributed by atoms with Gasteiger partial charge < -0.3 is 20.5 Å². The molecular weight excluding hydrogens is 394 g/mol. The Bertz CT molecular complexity index is 928. The average Bonchev–Trinajstić information content (AvgIpc) is 3.19. The highest BCUT2D eigenvalue weighted by atomic mass is 35.5. The first-order valence-electron chi connectivity index (χ1n) is 9.04. The quantitative estimate of drug-likeness (QED) is 0.525. The molecule has 0 bridgehead atoms. The van der Waals surface area contributed by atoms with Crippen LogP contribution in [-0.2, 0) is 13.0 Å². The number of aromatic nitrogens is 3. The fourth-order valence-corrected chi connectivity index (χ4v) is 2.88. The summed E-state index contributed by atoms with van der Waals surface area (Å²) >= 11 is 5.88. The molecule has 1 atom stereocenters. The van der Waals surface area contributed by atoms with E-state index in [0.29, 0.717) is 22.8 Å². The molecule has 0 fully saturated rings. The molecular formula is C20H22ClN5O3. The lowest BCUT2D eigenvalue weighted by Crippen LogP contribution is -2.34. The van der Waals surface area contributed by atoms with Crippen molar-refractivity contribution in [3.63, 3.8) is 0 Å². The van der Waals surface area contributed by atoms with Gasteiger partial charge in [-0.3, -0.25) is 0 Å². The molecule has 3 rings (SSSR count). The van der Waals surface area contributed by atoms with Crippen LogP contribution in [0.3, 0.4) is 0 Å². The van der Waals surface area contributed by atoms with Crippen LogP contribution in [0.4, 0.5) is 10.5 Å². The molecule has 152 valence electrons. The highest BCUT2D eigenvalue weighted by molar-refractivity contribution is 6.30. The Morgan fingerprint density at radius 3 is 2.59 bits per heavy atom. The fraction of sp³-hybridized carbons (Fsp3) is 0.250. The van der Waals surface area contributed by atoms with Crippen molar-refractivity contribution in [2.75, 3.05) is 19.0 Å². The minimum atomic E-state index is -0.414. The number of amides is 2. The Morgan fingerprint density at radius 2 is 1.93 bits per heavy atom. The molecule has 0 saturated heterocycles. The third kappa shape index (κ3) is 5.94. The Balaban J connectivity index is 1.75. The molecule has 0 saturated carbocycles. The molecule has 0 aliphatic rings. The van der Waals surface area contributed by atoms with Gasteiger partial charge in [0, 0.05) is 10.7 Å². The first kappa shape index (κ1) is 20.6. The highest BCUT2D eigenvalue weighted by Gasteiger charge is 2.19. The van der Waals surface area contributed by atoms with E-state index < -0.39 is 6.04 Å². The van der Waals surface area contributed by atoms with E-state index in [2.05, 4.69) is 20.8 Å². The molecule has 0 aliphatic heterocycles. The van der Waals surface area contributed by atoms with Crippen LogP contribution in [0.25, 0.3) is 0 Å². The third-order valence-corrected chi connectivity index (χ3v) is 4.47. The minimum absolute atomic E-state index is 0.0677. The Hall–Kier alpha value is -3.10.